The molecule has 3 heteroatoms. The van der Waals surface area contributed by atoms with Gasteiger partial charge in [-0.25, -0.2) is 0 Å². The van der Waals surface area contributed by atoms with E-state index in [0.29, 0.717) is 0 Å². The van der Waals surface area contributed by atoms with E-state index in [2.05, 4.69) is 36.8 Å². The van der Waals surface area contributed by atoms with E-state index in [1.807, 2.05) is 11.8 Å². The first-order chi connectivity index (χ1) is 7.67. The predicted octanol–water partition coefficient (Wildman–Crippen LogP) is 3.04. The van der Waals surface area contributed by atoms with Crippen LogP contribution in [0.25, 0.3) is 0 Å². The summed E-state index contributed by atoms with van der Waals surface area (Å²) >= 11 is 1.84. The van der Waals surface area contributed by atoms with Crippen molar-refractivity contribution in [3.8, 4) is 0 Å². The minimum absolute atomic E-state index is 0.290. The summed E-state index contributed by atoms with van der Waals surface area (Å²) in [7, 11) is 3.25. The fraction of sp³-hybridized carbons (Fsp3) is 0.538. The fourth-order valence-electron chi connectivity index (χ4n) is 1.27. The maximum atomic E-state index is 8.67. The van der Waals surface area contributed by atoms with Crippen molar-refractivity contribution >= 4 is 11.8 Å². The molecule has 0 spiro atoms. The molecular formula is C13H22O2S. The van der Waals surface area contributed by atoms with Crippen LogP contribution >= 0.6 is 11.8 Å². The number of rotatable bonds is 4. The third-order valence-electron chi connectivity index (χ3n) is 1.96. The highest BCUT2D eigenvalue weighted by molar-refractivity contribution is 7.99. The van der Waals surface area contributed by atoms with Gasteiger partial charge in [0.05, 0.1) is 0 Å². The zero-order valence-corrected chi connectivity index (χ0v) is 11.4. The van der Waals surface area contributed by atoms with Gasteiger partial charge in [0.15, 0.2) is 0 Å². The lowest BCUT2D eigenvalue weighted by molar-refractivity contribution is 0.277. The molecule has 0 heterocycles. The third kappa shape index (κ3) is 6.16. The zero-order chi connectivity index (χ0) is 12.4. The molecule has 0 bridgehead atoms. The minimum atomic E-state index is 0.290. The molecule has 16 heavy (non-hydrogen) atoms. The van der Waals surface area contributed by atoms with Crippen molar-refractivity contribution in [2.75, 3.05) is 26.6 Å². The summed E-state index contributed by atoms with van der Waals surface area (Å²) in [6.45, 7) is 4.56. The molecule has 1 aromatic rings. The van der Waals surface area contributed by atoms with Crippen LogP contribution in [0.4, 0.5) is 0 Å². The molecular weight excluding hydrogens is 220 g/mol. The Labute approximate surface area is 103 Å². The van der Waals surface area contributed by atoms with E-state index < -0.39 is 0 Å². The Morgan fingerprint density at radius 2 is 1.69 bits per heavy atom. The van der Waals surface area contributed by atoms with Crippen molar-refractivity contribution in [3.63, 3.8) is 0 Å². The van der Waals surface area contributed by atoms with Crippen LogP contribution in [0.3, 0.4) is 0 Å². The molecule has 0 amide bonds. The molecule has 1 rings (SSSR count). The molecule has 0 atom stereocenters. The second-order valence-electron chi connectivity index (χ2n) is 3.55. The largest absolute Gasteiger partial charge is 0.396 e. The van der Waals surface area contributed by atoms with Gasteiger partial charge in [0.1, 0.15) is 0 Å². The summed E-state index contributed by atoms with van der Waals surface area (Å²) in [5.74, 6) is 1.00. The number of aliphatic hydroxyl groups is 1. The standard InChI is InChI=1S/C11H16OS.C2H6O/c1-9-5-3-6-10(2)11(9)13-8-4-7-12;1-3-2/h3,5-6,12H,4,7-8H2,1-2H3;1-2H3. The predicted molar refractivity (Wildman–Crippen MR) is 71.3 cm³/mol. The van der Waals surface area contributed by atoms with Crippen LogP contribution in [0.2, 0.25) is 0 Å². The second-order valence-corrected chi connectivity index (χ2v) is 4.66. The maximum Gasteiger partial charge on any atom is 0.0439 e. The van der Waals surface area contributed by atoms with E-state index in [-0.39, 0.29) is 6.61 Å². The van der Waals surface area contributed by atoms with Crippen molar-refractivity contribution in [2.24, 2.45) is 0 Å². The molecule has 0 aliphatic rings. The first kappa shape index (κ1) is 15.5. The lowest BCUT2D eigenvalue weighted by atomic mass is 10.2. The van der Waals surface area contributed by atoms with Gasteiger partial charge in [0.2, 0.25) is 0 Å². The zero-order valence-electron chi connectivity index (χ0n) is 10.6. The number of ether oxygens (including phenoxy) is 1. The van der Waals surface area contributed by atoms with Crippen LogP contribution < -0.4 is 0 Å². The topological polar surface area (TPSA) is 29.5 Å². The number of methoxy groups -OCH3 is 1. The Balaban J connectivity index is 0.000000673. The van der Waals surface area contributed by atoms with Crippen molar-refractivity contribution < 1.29 is 9.84 Å². The number of aryl methyl sites for hydroxylation is 2. The van der Waals surface area contributed by atoms with E-state index in [1.165, 1.54) is 16.0 Å². The van der Waals surface area contributed by atoms with Crippen LogP contribution in [0.15, 0.2) is 23.1 Å². The highest BCUT2D eigenvalue weighted by atomic mass is 32.2. The second kappa shape index (κ2) is 9.70. The highest BCUT2D eigenvalue weighted by Gasteiger charge is 2.01. The van der Waals surface area contributed by atoms with Gasteiger partial charge in [-0.1, -0.05) is 18.2 Å². The van der Waals surface area contributed by atoms with Gasteiger partial charge in [-0.05, 0) is 31.4 Å². The molecule has 0 fully saturated rings. The Morgan fingerprint density at radius 3 is 2.12 bits per heavy atom. The number of thioether (sulfide) groups is 1. The maximum absolute atomic E-state index is 8.67. The number of hydrogen-bond donors (Lipinski definition) is 1. The number of hydrogen-bond acceptors (Lipinski definition) is 3. The third-order valence-corrected chi connectivity index (χ3v) is 3.38. The van der Waals surface area contributed by atoms with Crippen molar-refractivity contribution in [1.82, 2.24) is 0 Å². The molecule has 0 unspecified atom stereocenters. The highest BCUT2D eigenvalue weighted by Crippen LogP contribution is 2.26. The molecule has 0 saturated carbocycles. The summed E-state index contributed by atoms with van der Waals surface area (Å²) in [6, 6.07) is 6.35. The van der Waals surface area contributed by atoms with Gasteiger partial charge in [0.25, 0.3) is 0 Å². The van der Waals surface area contributed by atoms with Crippen molar-refractivity contribution in [2.45, 2.75) is 25.2 Å². The van der Waals surface area contributed by atoms with Crippen molar-refractivity contribution in [3.05, 3.63) is 29.3 Å². The molecule has 0 aliphatic heterocycles. The van der Waals surface area contributed by atoms with Gasteiger partial charge in [-0.2, -0.15) is 0 Å². The molecule has 0 aromatic heterocycles. The summed E-state index contributed by atoms with van der Waals surface area (Å²) in [5, 5.41) is 8.67. The number of aliphatic hydroxyl groups excluding tert-OH is 1. The first-order valence-corrected chi connectivity index (χ1v) is 6.36. The van der Waals surface area contributed by atoms with Gasteiger partial charge in [-0.15, -0.1) is 11.8 Å². The Morgan fingerprint density at radius 1 is 1.19 bits per heavy atom. The summed E-state index contributed by atoms with van der Waals surface area (Å²) < 4.78 is 4.25. The lowest BCUT2D eigenvalue weighted by Gasteiger charge is -2.07. The number of benzene rings is 1. The van der Waals surface area contributed by atoms with E-state index in [9.17, 15) is 0 Å². The fourth-order valence-corrected chi connectivity index (χ4v) is 2.33. The molecule has 1 N–H and O–H groups in total. The van der Waals surface area contributed by atoms with E-state index >= 15 is 0 Å². The summed E-state index contributed by atoms with van der Waals surface area (Å²) in [5.41, 5.74) is 2.67. The van der Waals surface area contributed by atoms with Gasteiger partial charge in [0, 0.05) is 31.5 Å². The van der Waals surface area contributed by atoms with Gasteiger partial charge < -0.3 is 9.84 Å². The van der Waals surface area contributed by atoms with Crippen LogP contribution in [0, 0.1) is 13.8 Å². The SMILES string of the molecule is COC.Cc1cccc(C)c1SCCCO. The lowest BCUT2D eigenvalue weighted by Crippen LogP contribution is -1.89. The van der Waals surface area contributed by atoms with Crippen LogP contribution in [-0.2, 0) is 4.74 Å². The smallest absolute Gasteiger partial charge is 0.0439 e. The minimum Gasteiger partial charge on any atom is -0.396 e. The summed E-state index contributed by atoms with van der Waals surface area (Å²) in [4.78, 5) is 1.37. The van der Waals surface area contributed by atoms with Crippen LogP contribution in [-0.4, -0.2) is 31.7 Å². The molecule has 0 saturated heterocycles. The van der Waals surface area contributed by atoms with E-state index in [1.54, 1.807) is 14.2 Å². The Kier molecular flexibility index (Phi) is 9.39. The van der Waals surface area contributed by atoms with Crippen molar-refractivity contribution in [1.29, 1.82) is 0 Å². The molecule has 0 radical (unpaired) electrons. The Bertz CT molecular complexity index is 267. The quantitative estimate of drug-likeness (QED) is 0.650. The Hall–Kier alpha value is -0.510. The normalized spacial score (nSPS) is 9.56. The van der Waals surface area contributed by atoms with Crippen LogP contribution in [0.1, 0.15) is 17.5 Å². The average molecular weight is 242 g/mol. The molecule has 92 valence electrons. The van der Waals surface area contributed by atoms with E-state index in [4.69, 9.17) is 5.11 Å². The van der Waals surface area contributed by atoms with E-state index in [0.717, 1.165) is 12.2 Å². The molecule has 1 aromatic carbocycles. The molecule has 2 nitrogen and oxygen atoms in total. The first-order valence-electron chi connectivity index (χ1n) is 5.37. The monoisotopic (exact) mass is 242 g/mol. The summed E-state index contributed by atoms with van der Waals surface area (Å²) in [6.07, 6.45) is 0.873. The van der Waals surface area contributed by atoms with Gasteiger partial charge >= 0.3 is 0 Å². The molecule has 0 aliphatic carbocycles. The van der Waals surface area contributed by atoms with Crippen LogP contribution in [0.5, 0.6) is 0 Å². The van der Waals surface area contributed by atoms with Gasteiger partial charge in [-0.3, -0.25) is 0 Å². The average Bonchev–Trinajstić information content (AvgIpc) is 2.24.